The van der Waals surface area contributed by atoms with Crippen LogP contribution in [-0.2, 0) is 6.42 Å². The Hall–Kier alpha value is -2.51. The number of anilines is 1. The Kier molecular flexibility index (Phi) is 2.82. The van der Waals surface area contributed by atoms with Gasteiger partial charge in [-0.05, 0) is 26.0 Å². The third-order valence-electron chi connectivity index (χ3n) is 2.63. The summed E-state index contributed by atoms with van der Waals surface area (Å²) in [5.74, 6) is 2.78. The molecular formula is C11H13N7O. The van der Waals surface area contributed by atoms with Crippen LogP contribution in [0.3, 0.4) is 0 Å². The predicted molar refractivity (Wildman–Crippen MR) is 66.7 cm³/mol. The topological polar surface area (TPSA) is 94.0 Å². The molecule has 0 saturated heterocycles. The fourth-order valence-corrected chi connectivity index (χ4v) is 1.73. The highest BCUT2D eigenvalue weighted by atomic mass is 16.5. The van der Waals surface area contributed by atoms with Crippen molar-refractivity contribution in [1.82, 2.24) is 30.0 Å². The van der Waals surface area contributed by atoms with Gasteiger partial charge in [0.2, 0.25) is 5.89 Å². The van der Waals surface area contributed by atoms with E-state index >= 15 is 0 Å². The van der Waals surface area contributed by atoms with Crippen molar-refractivity contribution < 1.29 is 4.52 Å². The molecule has 8 nitrogen and oxygen atoms in total. The first-order chi connectivity index (χ1) is 9.22. The molecule has 19 heavy (non-hydrogen) atoms. The maximum Gasteiger partial charge on any atom is 0.228 e. The van der Waals surface area contributed by atoms with Crippen LogP contribution in [0.2, 0.25) is 0 Å². The van der Waals surface area contributed by atoms with E-state index in [0.29, 0.717) is 24.7 Å². The Bertz CT molecular complexity index is 702. The zero-order valence-electron chi connectivity index (χ0n) is 10.7. The van der Waals surface area contributed by atoms with Crippen molar-refractivity contribution in [2.24, 2.45) is 0 Å². The van der Waals surface area contributed by atoms with Gasteiger partial charge in [0.15, 0.2) is 17.3 Å². The summed E-state index contributed by atoms with van der Waals surface area (Å²) in [4.78, 5) is 4.13. The quantitative estimate of drug-likeness (QED) is 0.739. The third-order valence-corrected chi connectivity index (χ3v) is 2.63. The van der Waals surface area contributed by atoms with Gasteiger partial charge in [0.1, 0.15) is 5.82 Å². The van der Waals surface area contributed by atoms with E-state index < -0.39 is 0 Å². The van der Waals surface area contributed by atoms with Crippen molar-refractivity contribution >= 4 is 11.5 Å². The van der Waals surface area contributed by atoms with Gasteiger partial charge in [0.25, 0.3) is 0 Å². The normalized spacial score (nSPS) is 11.1. The maximum absolute atomic E-state index is 5.03. The number of aryl methyl sites for hydroxylation is 2. The van der Waals surface area contributed by atoms with Crippen molar-refractivity contribution in [2.45, 2.75) is 20.3 Å². The molecule has 0 aromatic carbocycles. The maximum atomic E-state index is 5.03. The fourth-order valence-electron chi connectivity index (χ4n) is 1.73. The van der Waals surface area contributed by atoms with Gasteiger partial charge in [0, 0.05) is 13.0 Å². The molecule has 0 aliphatic heterocycles. The molecule has 3 heterocycles. The van der Waals surface area contributed by atoms with E-state index in [1.807, 2.05) is 19.1 Å². The van der Waals surface area contributed by atoms with E-state index in [0.717, 1.165) is 17.3 Å². The average molecular weight is 259 g/mol. The van der Waals surface area contributed by atoms with E-state index in [-0.39, 0.29) is 0 Å². The van der Waals surface area contributed by atoms with Crippen molar-refractivity contribution in [1.29, 1.82) is 0 Å². The van der Waals surface area contributed by atoms with Crippen LogP contribution in [0.4, 0.5) is 5.82 Å². The molecule has 0 atom stereocenters. The molecule has 3 aromatic heterocycles. The van der Waals surface area contributed by atoms with Gasteiger partial charge in [0.05, 0.1) is 0 Å². The number of hydrogen-bond donors (Lipinski definition) is 1. The number of aromatic nitrogens is 6. The standard InChI is InChI=1S/C11H13N7O/c1-7-13-11(19-17-7)5-6-12-9-3-4-10-15-14-8(2)18(10)16-9/h3-4H,5-6H2,1-2H3,(H,12,16). The predicted octanol–water partition coefficient (Wildman–Crippen LogP) is 0.779. The zero-order chi connectivity index (χ0) is 13.2. The Morgan fingerprint density at radius 1 is 1.26 bits per heavy atom. The highest BCUT2D eigenvalue weighted by molar-refractivity contribution is 5.43. The van der Waals surface area contributed by atoms with E-state index in [2.05, 4.69) is 30.8 Å². The highest BCUT2D eigenvalue weighted by Gasteiger charge is 2.05. The minimum atomic E-state index is 0.617. The Balaban J connectivity index is 1.66. The first-order valence-electron chi connectivity index (χ1n) is 5.94. The minimum absolute atomic E-state index is 0.617. The molecule has 0 spiro atoms. The molecule has 0 amide bonds. The summed E-state index contributed by atoms with van der Waals surface area (Å²) in [5.41, 5.74) is 0.732. The summed E-state index contributed by atoms with van der Waals surface area (Å²) in [6, 6.07) is 3.73. The number of nitrogens with zero attached hydrogens (tertiary/aromatic N) is 6. The van der Waals surface area contributed by atoms with Crippen LogP contribution >= 0.6 is 0 Å². The molecule has 0 bridgehead atoms. The SMILES string of the molecule is Cc1noc(CCNc2ccc3nnc(C)n3n2)n1. The van der Waals surface area contributed by atoms with E-state index in [1.54, 1.807) is 11.4 Å². The second kappa shape index (κ2) is 4.63. The molecule has 0 radical (unpaired) electrons. The van der Waals surface area contributed by atoms with Gasteiger partial charge >= 0.3 is 0 Å². The molecule has 8 heteroatoms. The average Bonchev–Trinajstić information content (AvgIpc) is 2.97. The van der Waals surface area contributed by atoms with Crippen LogP contribution in [0.5, 0.6) is 0 Å². The Labute approximate surface area is 108 Å². The molecular weight excluding hydrogens is 246 g/mol. The van der Waals surface area contributed by atoms with Crippen LogP contribution in [0.25, 0.3) is 5.65 Å². The summed E-state index contributed by atoms with van der Waals surface area (Å²) in [7, 11) is 0. The number of hydrogen-bond acceptors (Lipinski definition) is 7. The molecule has 3 aromatic rings. The molecule has 0 saturated carbocycles. The lowest BCUT2D eigenvalue weighted by Crippen LogP contribution is -2.08. The molecule has 3 rings (SSSR count). The lowest BCUT2D eigenvalue weighted by molar-refractivity contribution is 0.377. The van der Waals surface area contributed by atoms with Gasteiger partial charge in [-0.3, -0.25) is 0 Å². The summed E-state index contributed by atoms with van der Waals surface area (Å²) < 4.78 is 6.73. The van der Waals surface area contributed by atoms with Crippen LogP contribution < -0.4 is 5.32 Å². The van der Waals surface area contributed by atoms with Gasteiger partial charge in [-0.25, -0.2) is 0 Å². The second-order valence-corrected chi connectivity index (χ2v) is 4.15. The highest BCUT2D eigenvalue weighted by Crippen LogP contribution is 2.06. The zero-order valence-corrected chi connectivity index (χ0v) is 10.7. The van der Waals surface area contributed by atoms with Crippen LogP contribution in [-0.4, -0.2) is 36.5 Å². The van der Waals surface area contributed by atoms with Gasteiger partial charge in [-0.2, -0.15) is 9.50 Å². The van der Waals surface area contributed by atoms with Crippen LogP contribution in [0.15, 0.2) is 16.7 Å². The van der Waals surface area contributed by atoms with Crippen molar-refractivity contribution in [3.8, 4) is 0 Å². The Morgan fingerprint density at radius 3 is 2.95 bits per heavy atom. The fraction of sp³-hybridized carbons (Fsp3) is 0.364. The van der Waals surface area contributed by atoms with Crippen molar-refractivity contribution in [3.63, 3.8) is 0 Å². The smallest absolute Gasteiger partial charge is 0.228 e. The molecule has 0 aliphatic rings. The van der Waals surface area contributed by atoms with Crippen LogP contribution in [0.1, 0.15) is 17.5 Å². The van der Waals surface area contributed by atoms with Crippen LogP contribution in [0, 0.1) is 13.8 Å². The molecule has 0 aliphatic carbocycles. The summed E-state index contributed by atoms with van der Waals surface area (Å²) in [6.45, 7) is 4.32. The second-order valence-electron chi connectivity index (χ2n) is 4.15. The number of nitrogens with one attached hydrogen (secondary N) is 1. The summed E-state index contributed by atoms with van der Waals surface area (Å²) in [6.07, 6.45) is 0.654. The first-order valence-corrected chi connectivity index (χ1v) is 5.94. The minimum Gasteiger partial charge on any atom is -0.368 e. The number of rotatable bonds is 4. The van der Waals surface area contributed by atoms with E-state index in [1.165, 1.54) is 0 Å². The van der Waals surface area contributed by atoms with Gasteiger partial charge in [-0.1, -0.05) is 5.16 Å². The largest absolute Gasteiger partial charge is 0.368 e. The van der Waals surface area contributed by atoms with Gasteiger partial charge in [-0.15, -0.1) is 15.3 Å². The summed E-state index contributed by atoms with van der Waals surface area (Å²) >= 11 is 0. The molecule has 0 fully saturated rings. The third kappa shape index (κ3) is 2.37. The van der Waals surface area contributed by atoms with Crippen molar-refractivity contribution in [3.05, 3.63) is 29.7 Å². The summed E-state index contributed by atoms with van der Waals surface area (Å²) in [5, 5.41) is 19.3. The van der Waals surface area contributed by atoms with E-state index in [4.69, 9.17) is 4.52 Å². The number of fused-ring (bicyclic) bond motifs is 1. The van der Waals surface area contributed by atoms with E-state index in [9.17, 15) is 0 Å². The molecule has 0 unspecified atom stereocenters. The first kappa shape index (κ1) is 11.6. The molecule has 1 N–H and O–H groups in total. The molecule has 98 valence electrons. The van der Waals surface area contributed by atoms with Crippen molar-refractivity contribution in [2.75, 3.05) is 11.9 Å². The monoisotopic (exact) mass is 259 g/mol. The lowest BCUT2D eigenvalue weighted by Gasteiger charge is -2.03. The van der Waals surface area contributed by atoms with Gasteiger partial charge < -0.3 is 9.84 Å². The lowest BCUT2D eigenvalue weighted by atomic mass is 10.4. The Morgan fingerprint density at radius 2 is 2.16 bits per heavy atom.